The highest BCUT2D eigenvalue weighted by Crippen LogP contribution is 2.59. The summed E-state index contributed by atoms with van der Waals surface area (Å²) in [5, 5.41) is 3.51. The number of allylic oxidation sites excluding steroid dienone is 5. The molecule has 1 saturated carbocycles. The van der Waals surface area contributed by atoms with Crippen LogP contribution in [0.25, 0.3) is 57.5 Å². The number of aromatic nitrogens is 3. The molecule has 4 aliphatic carbocycles. The van der Waals surface area contributed by atoms with Crippen molar-refractivity contribution in [2.24, 2.45) is 23.2 Å². The summed E-state index contributed by atoms with van der Waals surface area (Å²) in [5.41, 5.74) is 10.1. The van der Waals surface area contributed by atoms with Gasteiger partial charge in [0.1, 0.15) is 0 Å². The molecule has 3 nitrogen and oxygen atoms in total. The Balaban J connectivity index is 1.25. The molecule has 5 aromatic rings. The minimum absolute atomic E-state index is 0.0979. The van der Waals surface area contributed by atoms with Crippen molar-refractivity contribution in [2.75, 3.05) is 0 Å². The van der Waals surface area contributed by atoms with Crippen molar-refractivity contribution in [2.45, 2.75) is 33.1 Å². The van der Waals surface area contributed by atoms with Crippen molar-refractivity contribution in [1.29, 1.82) is 0 Å². The molecule has 3 aromatic carbocycles. The first-order valence-electron chi connectivity index (χ1n) is 16.0. The predicted octanol–water partition coefficient (Wildman–Crippen LogP) is 8.06. The Morgan fingerprint density at radius 3 is 2.34 bits per heavy atom. The number of hydrogen-bond acceptors (Lipinski definition) is 2. The van der Waals surface area contributed by atoms with Gasteiger partial charge in [0, 0.05) is 16.2 Å². The third-order valence-corrected chi connectivity index (χ3v) is 10.6. The van der Waals surface area contributed by atoms with E-state index in [4.69, 9.17) is 9.97 Å². The van der Waals surface area contributed by atoms with E-state index < -0.39 is 0 Å². The largest absolute Gasteiger partial charge is 0.278 e. The Morgan fingerprint density at radius 2 is 1.48 bits per heavy atom. The Hall–Kier alpha value is -4.76. The van der Waals surface area contributed by atoms with Crippen LogP contribution in [0, 0.1) is 23.2 Å². The molecule has 0 bridgehead atoms. The molecule has 4 aliphatic rings. The third-order valence-electron chi connectivity index (χ3n) is 10.6. The van der Waals surface area contributed by atoms with E-state index in [1.165, 1.54) is 33.3 Å². The van der Waals surface area contributed by atoms with Gasteiger partial charge in [0.05, 0.1) is 22.3 Å². The predicted molar refractivity (Wildman–Crippen MR) is 181 cm³/mol. The summed E-state index contributed by atoms with van der Waals surface area (Å²) in [6, 6.07) is 28.3. The van der Waals surface area contributed by atoms with Gasteiger partial charge in [0.25, 0.3) is 0 Å². The van der Waals surface area contributed by atoms with Crippen LogP contribution in [-0.2, 0) is 6.42 Å². The molecule has 2 aromatic heterocycles. The van der Waals surface area contributed by atoms with Crippen LogP contribution in [0.5, 0.6) is 0 Å². The minimum Gasteiger partial charge on any atom is -0.278 e. The van der Waals surface area contributed by atoms with E-state index in [1.807, 2.05) is 0 Å². The SMILES string of the molecule is CC1(C)C2=Cc3c(c4ccccc4n3-c3nc(-c4ccc(-c5ccccc5)cc4)c4c(n3)=CCCC=4)CC2C2C=CC=CC21. The van der Waals surface area contributed by atoms with Gasteiger partial charge in [-0.2, -0.15) is 0 Å². The summed E-state index contributed by atoms with van der Waals surface area (Å²) >= 11 is 0. The summed E-state index contributed by atoms with van der Waals surface area (Å²) in [4.78, 5) is 10.7. The average molecular weight is 570 g/mol. The molecule has 0 N–H and O–H groups in total. The smallest absolute Gasteiger partial charge is 0.235 e. The Bertz CT molecular complexity index is 2170. The van der Waals surface area contributed by atoms with Gasteiger partial charge in [-0.1, -0.05) is 129 Å². The van der Waals surface area contributed by atoms with Crippen LogP contribution in [0.1, 0.15) is 37.9 Å². The van der Waals surface area contributed by atoms with E-state index in [-0.39, 0.29) is 5.41 Å². The lowest BCUT2D eigenvalue weighted by molar-refractivity contribution is 0.321. The summed E-state index contributed by atoms with van der Waals surface area (Å²) in [6.45, 7) is 4.88. The van der Waals surface area contributed by atoms with Gasteiger partial charge < -0.3 is 0 Å². The second-order valence-electron chi connectivity index (χ2n) is 13.3. The van der Waals surface area contributed by atoms with Crippen LogP contribution < -0.4 is 10.6 Å². The molecule has 3 unspecified atom stereocenters. The van der Waals surface area contributed by atoms with Crippen LogP contribution in [-0.4, -0.2) is 14.5 Å². The first kappa shape index (κ1) is 25.7. The molecular formula is C41H35N3. The zero-order valence-corrected chi connectivity index (χ0v) is 25.2. The van der Waals surface area contributed by atoms with Gasteiger partial charge in [-0.15, -0.1) is 0 Å². The van der Waals surface area contributed by atoms with Crippen LogP contribution in [0.15, 0.2) is 109 Å². The van der Waals surface area contributed by atoms with E-state index >= 15 is 0 Å². The summed E-state index contributed by atoms with van der Waals surface area (Å²) in [7, 11) is 0. The fraction of sp³-hybridized carbons (Fsp3) is 0.220. The van der Waals surface area contributed by atoms with Gasteiger partial charge >= 0.3 is 0 Å². The number of rotatable bonds is 3. The number of hydrogen-bond donors (Lipinski definition) is 0. The third kappa shape index (κ3) is 3.75. The zero-order valence-electron chi connectivity index (χ0n) is 25.2. The highest BCUT2D eigenvalue weighted by Gasteiger charge is 2.51. The molecule has 9 rings (SSSR count). The molecule has 0 amide bonds. The van der Waals surface area contributed by atoms with E-state index in [0.717, 1.165) is 47.0 Å². The van der Waals surface area contributed by atoms with Crippen LogP contribution in [0.3, 0.4) is 0 Å². The molecule has 1 fully saturated rings. The molecule has 3 atom stereocenters. The number of nitrogens with zero attached hydrogens (tertiary/aromatic N) is 3. The standard InChI is InChI=1S/C41H35N3/c1-41(2)34-17-9-6-14-29(34)32-24-33-30-15-8-11-19-37(30)44(38(33)25-35(32)41)40-42-36-18-10-7-16-31(36)39(43-40)28-22-20-27(21-23-28)26-12-4-3-5-13-26/h3-6,8-9,11-23,25,29,32,34H,7,10,24H2,1-2H3. The van der Waals surface area contributed by atoms with Gasteiger partial charge in [-0.25, -0.2) is 9.97 Å². The average Bonchev–Trinajstić information content (AvgIpc) is 3.52. The van der Waals surface area contributed by atoms with Crippen molar-refractivity contribution >= 4 is 29.1 Å². The molecule has 44 heavy (non-hydrogen) atoms. The van der Waals surface area contributed by atoms with E-state index in [2.05, 4.69) is 140 Å². The molecule has 0 aliphatic heterocycles. The molecule has 2 heterocycles. The maximum absolute atomic E-state index is 5.40. The maximum atomic E-state index is 5.40. The highest BCUT2D eigenvalue weighted by molar-refractivity contribution is 5.91. The van der Waals surface area contributed by atoms with Crippen molar-refractivity contribution < 1.29 is 0 Å². The maximum Gasteiger partial charge on any atom is 0.235 e. The fourth-order valence-corrected chi connectivity index (χ4v) is 8.47. The zero-order chi connectivity index (χ0) is 29.4. The quantitative estimate of drug-likeness (QED) is 0.220. The van der Waals surface area contributed by atoms with Crippen LogP contribution in [0.2, 0.25) is 0 Å². The van der Waals surface area contributed by atoms with Gasteiger partial charge in [-0.05, 0) is 71.3 Å². The Labute approximate surface area is 258 Å². The first-order chi connectivity index (χ1) is 21.6. The van der Waals surface area contributed by atoms with Gasteiger partial charge in [0.2, 0.25) is 5.95 Å². The van der Waals surface area contributed by atoms with E-state index in [0.29, 0.717) is 17.8 Å². The van der Waals surface area contributed by atoms with Gasteiger partial charge in [0.15, 0.2) is 0 Å². The lowest BCUT2D eigenvalue weighted by Crippen LogP contribution is -2.34. The molecule has 214 valence electrons. The second kappa shape index (κ2) is 9.62. The summed E-state index contributed by atoms with van der Waals surface area (Å²) < 4.78 is 2.35. The van der Waals surface area contributed by atoms with E-state index in [1.54, 1.807) is 5.57 Å². The molecule has 0 saturated heterocycles. The van der Waals surface area contributed by atoms with Crippen molar-refractivity contribution in [1.82, 2.24) is 14.5 Å². The van der Waals surface area contributed by atoms with Crippen LogP contribution in [0.4, 0.5) is 0 Å². The number of fused-ring (bicyclic) bond motifs is 7. The van der Waals surface area contributed by atoms with Crippen molar-refractivity contribution in [3.05, 3.63) is 131 Å². The van der Waals surface area contributed by atoms with Crippen LogP contribution >= 0.6 is 0 Å². The molecule has 3 heteroatoms. The summed E-state index contributed by atoms with van der Waals surface area (Å²) in [5.74, 6) is 2.36. The molecular weight excluding hydrogens is 534 g/mol. The van der Waals surface area contributed by atoms with Gasteiger partial charge in [-0.3, -0.25) is 4.57 Å². The molecule has 0 radical (unpaired) electrons. The minimum atomic E-state index is 0.0979. The van der Waals surface area contributed by atoms with Crippen molar-refractivity contribution in [3.8, 4) is 28.3 Å². The Kier molecular flexibility index (Phi) is 5.62. The highest BCUT2D eigenvalue weighted by atomic mass is 15.2. The van der Waals surface area contributed by atoms with Crippen molar-refractivity contribution in [3.63, 3.8) is 0 Å². The van der Waals surface area contributed by atoms with E-state index in [9.17, 15) is 0 Å². The number of para-hydroxylation sites is 1. The topological polar surface area (TPSA) is 30.7 Å². The fourth-order valence-electron chi connectivity index (χ4n) is 8.47. The summed E-state index contributed by atoms with van der Waals surface area (Å²) in [6.07, 6.45) is 19.6. The second-order valence-corrected chi connectivity index (χ2v) is 13.3. The normalized spacial score (nSPS) is 22.3. The lowest BCUT2D eigenvalue weighted by atomic mass is 9.75. The lowest BCUT2D eigenvalue weighted by Gasteiger charge is -2.30. The molecule has 0 spiro atoms. The monoisotopic (exact) mass is 569 g/mol. The first-order valence-corrected chi connectivity index (χ1v) is 16.0. The number of benzene rings is 3. The Morgan fingerprint density at radius 1 is 0.750 bits per heavy atom.